The van der Waals surface area contributed by atoms with Crippen molar-refractivity contribution in [3.63, 3.8) is 0 Å². The third-order valence-electron chi connectivity index (χ3n) is 5.63. The van der Waals surface area contributed by atoms with E-state index >= 15 is 0 Å². The maximum Gasteiger partial charge on any atom is 0.322 e. The van der Waals surface area contributed by atoms with Gasteiger partial charge in [-0.15, -0.1) is 0 Å². The molecule has 36 heavy (non-hydrogen) atoms. The number of hydrogen-bond donors (Lipinski definition) is 2. The van der Waals surface area contributed by atoms with E-state index in [0.717, 1.165) is 22.5 Å². The fourth-order valence-corrected chi connectivity index (χ4v) is 3.94. The van der Waals surface area contributed by atoms with E-state index in [1.54, 1.807) is 28.9 Å². The van der Waals surface area contributed by atoms with Crippen LogP contribution in [-0.2, 0) is 10.2 Å². The lowest BCUT2D eigenvalue weighted by Gasteiger charge is -2.24. The Hall–Kier alpha value is -3.32. The highest BCUT2D eigenvalue weighted by Crippen LogP contribution is 2.28. The molecule has 0 radical (unpaired) electrons. The number of aromatic nitrogens is 2. The predicted molar refractivity (Wildman–Crippen MR) is 147 cm³/mol. The van der Waals surface area contributed by atoms with Crippen LogP contribution in [0, 0.1) is 19.8 Å². The van der Waals surface area contributed by atoms with Crippen molar-refractivity contribution in [2.24, 2.45) is 5.92 Å². The van der Waals surface area contributed by atoms with Crippen LogP contribution in [-0.4, -0.2) is 39.7 Å². The zero-order chi connectivity index (χ0) is 26.6. The number of aryl methyl sites for hydroxylation is 2. The summed E-state index contributed by atoms with van der Waals surface area (Å²) >= 11 is 5.95. The van der Waals surface area contributed by atoms with Gasteiger partial charge in [-0.25, -0.2) is 9.48 Å². The second-order valence-corrected chi connectivity index (χ2v) is 11.1. The molecule has 0 aliphatic rings. The van der Waals surface area contributed by atoms with Crippen molar-refractivity contribution in [2.75, 3.05) is 23.7 Å². The van der Waals surface area contributed by atoms with Crippen molar-refractivity contribution in [1.29, 1.82) is 0 Å². The summed E-state index contributed by atoms with van der Waals surface area (Å²) < 4.78 is 1.77. The Balaban J connectivity index is 1.84. The molecule has 1 heterocycles. The van der Waals surface area contributed by atoms with Gasteiger partial charge in [0, 0.05) is 28.7 Å². The molecular weight excluding hydrogens is 474 g/mol. The van der Waals surface area contributed by atoms with Gasteiger partial charge in [0.15, 0.2) is 0 Å². The number of halogens is 1. The van der Waals surface area contributed by atoms with E-state index in [2.05, 4.69) is 37.5 Å². The zero-order valence-electron chi connectivity index (χ0n) is 22.1. The number of amides is 3. The van der Waals surface area contributed by atoms with Crippen LogP contribution in [0.1, 0.15) is 51.4 Å². The molecule has 2 N–H and O–H groups in total. The minimum Gasteiger partial charge on any atom is -0.315 e. The number of nitrogens with zero attached hydrogens (tertiary/aromatic N) is 3. The molecule has 0 aliphatic heterocycles. The van der Waals surface area contributed by atoms with E-state index in [1.807, 2.05) is 45.9 Å². The normalized spacial score (nSPS) is 11.5. The van der Waals surface area contributed by atoms with Crippen LogP contribution >= 0.6 is 11.6 Å². The first kappa shape index (κ1) is 27.3. The number of urea groups is 1. The zero-order valence-corrected chi connectivity index (χ0v) is 22.9. The van der Waals surface area contributed by atoms with E-state index < -0.39 is 0 Å². The molecule has 2 aromatic carbocycles. The largest absolute Gasteiger partial charge is 0.322 e. The molecular formula is C28H36ClN5O2. The SMILES string of the molecule is Cc1ccc(-n2nc(C(C)(C)C)cc2NC(=O)CN(CC(C)C)C(=O)Nc2ccc(Cl)cc2)c(C)c1. The number of carbonyl (C=O) groups is 2. The highest BCUT2D eigenvalue weighted by atomic mass is 35.5. The molecule has 0 fully saturated rings. The fourth-order valence-electron chi connectivity index (χ4n) is 3.81. The Labute approximate surface area is 218 Å². The van der Waals surface area contributed by atoms with Gasteiger partial charge in [0.05, 0.1) is 11.4 Å². The Morgan fingerprint density at radius 2 is 1.69 bits per heavy atom. The van der Waals surface area contributed by atoms with E-state index in [-0.39, 0.29) is 29.8 Å². The molecule has 0 unspecified atom stereocenters. The summed E-state index contributed by atoms with van der Waals surface area (Å²) in [4.78, 5) is 27.7. The van der Waals surface area contributed by atoms with Crippen molar-refractivity contribution >= 4 is 35.0 Å². The summed E-state index contributed by atoms with van der Waals surface area (Å²) in [6, 6.07) is 14.5. The van der Waals surface area contributed by atoms with Gasteiger partial charge in [0.1, 0.15) is 12.4 Å². The monoisotopic (exact) mass is 509 g/mol. The smallest absolute Gasteiger partial charge is 0.315 e. The van der Waals surface area contributed by atoms with Gasteiger partial charge in [0.25, 0.3) is 0 Å². The van der Waals surface area contributed by atoms with Crippen LogP contribution in [0.15, 0.2) is 48.5 Å². The summed E-state index contributed by atoms with van der Waals surface area (Å²) in [6.45, 7) is 14.7. The summed E-state index contributed by atoms with van der Waals surface area (Å²) in [5.41, 5.74) is 4.37. The van der Waals surface area contributed by atoms with Crippen LogP contribution in [0.2, 0.25) is 5.02 Å². The van der Waals surface area contributed by atoms with Gasteiger partial charge in [-0.3, -0.25) is 4.79 Å². The lowest BCUT2D eigenvalue weighted by Crippen LogP contribution is -2.42. The molecule has 3 aromatic rings. The van der Waals surface area contributed by atoms with Crippen molar-refractivity contribution in [3.8, 4) is 5.69 Å². The molecule has 3 rings (SSSR count). The molecule has 0 atom stereocenters. The molecule has 8 heteroatoms. The number of nitrogens with one attached hydrogen (secondary N) is 2. The van der Waals surface area contributed by atoms with Crippen LogP contribution in [0.5, 0.6) is 0 Å². The molecule has 0 saturated carbocycles. The van der Waals surface area contributed by atoms with Gasteiger partial charge >= 0.3 is 6.03 Å². The van der Waals surface area contributed by atoms with Crippen molar-refractivity contribution in [3.05, 3.63) is 70.4 Å². The Bertz CT molecular complexity index is 1230. The van der Waals surface area contributed by atoms with Crippen molar-refractivity contribution in [2.45, 2.75) is 53.9 Å². The predicted octanol–water partition coefficient (Wildman–Crippen LogP) is 6.57. The van der Waals surface area contributed by atoms with Crippen molar-refractivity contribution in [1.82, 2.24) is 14.7 Å². The lowest BCUT2D eigenvalue weighted by atomic mass is 9.92. The average molecular weight is 510 g/mol. The minimum absolute atomic E-state index is 0.0967. The minimum atomic E-state index is -0.348. The lowest BCUT2D eigenvalue weighted by molar-refractivity contribution is -0.116. The second-order valence-electron chi connectivity index (χ2n) is 10.6. The summed E-state index contributed by atoms with van der Waals surface area (Å²) in [6.07, 6.45) is 0. The molecule has 1 aromatic heterocycles. The number of anilines is 2. The van der Waals surface area contributed by atoms with Gasteiger partial charge in [-0.1, -0.05) is 63.9 Å². The number of carbonyl (C=O) groups excluding carboxylic acids is 2. The first-order valence-corrected chi connectivity index (χ1v) is 12.5. The molecule has 192 valence electrons. The van der Waals surface area contributed by atoms with Crippen molar-refractivity contribution < 1.29 is 9.59 Å². The van der Waals surface area contributed by atoms with E-state index in [1.165, 1.54) is 4.90 Å². The Kier molecular flexibility index (Phi) is 8.46. The first-order chi connectivity index (χ1) is 16.8. The van der Waals surface area contributed by atoms with Gasteiger partial charge in [-0.2, -0.15) is 5.10 Å². The van der Waals surface area contributed by atoms with Crippen LogP contribution in [0.3, 0.4) is 0 Å². The number of hydrogen-bond acceptors (Lipinski definition) is 3. The summed E-state index contributed by atoms with van der Waals surface area (Å²) in [5.74, 6) is 0.453. The third-order valence-corrected chi connectivity index (χ3v) is 5.88. The van der Waals surface area contributed by atoms with Crippen LogP contribution in [0.25, 0.3) is 5.69 Å². The van der Waals surface area contributed by atoms with Gasteiger partial charge in [0.2, 0.25) is 5.91 Å². The van der Waals surface area contributed by atoms with Gasteiger partial charge in [-0.05, 0) is 55.7 Å². The third kappa shape index (κ3) is 7.10. The molecule has 0 saturated heterocycles. The van der Waals surface area contributed by atoms with E-state index in [0.29, 0.717) is 23.1 Å². The van der Waals surface area contributed by atoms with Gasteiger partial charge < -0.3 is 15.5 Å². The Morgan fingerprint density at radius 1 is 1.03 bits per heavy atom. The molecule has 0 spiro atoms. The molecule has 0 bridgehead atoms. The molecule has 0 aliphatic carbocycles. The number of benzene rings is 2. The summed E-state index contributed by atoms with van der Waals surface area (Å²) in [5, 5.41) is 11.2. The fraction of sp³-hybridized carbons (Fsp3) is 0.393. The average Bonchev–Trinajstić information content (AvgIpc) is 3.18. The standard InChI is InChI=1S/C28H36ClN5O2/c1-18(2)16-33(27(36)30-22-11-9-21(29)10-12-22)17-26(35)31-25-15-24(28(5,6)7)32-34(25)23-13-8-19(3)14-20(23)4/h8-15,18H,16-17H2,1-7H3,(H,30,36)(H,31,35). The molecule has 3 amide bonds. The summed E-state index contributed by atoms with van der Waals surface area (Å²) in [7, 11) is 0. The van der Waals surface area contributed by atoms with E-state index in [4.69, 9.17) is 16.7 Å². The number of rotatable bonds is 7. The van der Waals surface area contributed by atoms with Crippen LogP contribution in [0.4, 0.5) is 16.3 Å². The topological polar surface area (TPSA) is 79.3 Å². The van der Waals surface area contributed by atoms with E-state index in [9.17, 15) is 9.59 Å². The maximum absolute atomic E-state index is 13.2. The quantitative estimate of drug-likeness (QED) is 0.378. The highest BCUT2D eigenvalue weighted by molar-refractivity contribution is 6.30. The first-order valence-electron chi connectivity index (χ1n) is 12.1. The molecule has 7 nitrogen and oxygen atoms in total. The van der Waals surface area contributed by atoms with Crippen LogP contribution < -0.4 is 10.6 Å². The maximum atomic E-state index is 13.2. The highest BCUT2D eigenvalue weighted by Gasteiger charge is 2.24. The second kappa shape index (κ2) is 11.2. The Morgan fingerprint density at radius 3 is 2.28 bits per heavy atom.